The third kappa shape index (κ3) is 4.75. The summed E-state index contributed by atoms with van der Waals surface area (Å²) in [6.45, 7) is 7.90. The zero-order chi connectivity index (χ0) is 11.9. The summed E-state index contributed by atoms with van der Waals surface area (Å²) in [5, 5.41) is 9.51. The minimum absolute atomic E-state index is 0.0986. The molecule has 0 fully saturated rings. The third-order valence-corrected chi connectivity index (χ3v) is 4.40. The van der Waals surface area contributed by atoms with Gasteiger partial charge in [-0.1, -0.05) is 13.8 Å². The molecule has 0 bridgehead atoms. The standard InChI is InChI=1S/C12H27NOS/c1-6-12(7-2,10-14)9-13(4)11(3)8-15-5/h11,14H,6-10H2,1-5H3. The summed E-state index contributed by atoms with van der Waals surface area (Å²) >= 11 is 1.88. The van der Waals surface area contributed by atoms with Crippen molar-refractivity contribution in [2.75, 3.05) is 32.2 Å². The largest absolute Gasteiger partial charge is 0.396 e. The van der Waals surface area contributed by atoms with E-state index in [9.17, 15) is 5.11 Å². The molecule has 0 saturated heterocycles. The fourth-order valence-electron chi connectivity index (χ4n) is 1.80. The zero-order valence-corrected chi connectivity index (χ0v) is 11.7. The Kier molecular flexibility index (Phi) is 7.66. The quantitative estimate of drug-likeness (QED) is 0.697. The summed E-state index contributed by atoms with van der Waals surface area (Å²) in [7, 11) is 2.16. The highest BCUT2D eigenvalue weighted by molar-refractivity contribution is 7.98. The normalized spacial score (nSPS) is 14.6. The van der Waals surface area contributed by atoms with E-state index in [1.807, 2.05) is 11.8 Å². The average molecular weight is 233 g/mol. The minimum atomic E-state index is 0.0986. The number of thioether (sulfide) groups is 1. The molecule has 0 heterocycles. The van der Waals surface area contributed by atoms with Crippen molar-refractivity contribution in [3.05, 3.63) is 0 Å². The van der Waals surface area contributed by atoms with Crippen LogP contribution in [-0.2, 0) is 0 Å². The van der Waals surface area contributed by atoms with E-state index in [0.29, 0.717) is 12.6 Å². The molecule has 2 nitrogen and oxygen atoms in total. The third-order valence-electron chi connectivity index (χ3n) is 3.58. The van der Waals surface area contributed by atoms with Crippen molar-refractivity contribution >= 4 is 11.8 Å². The fourth-order valence-corrected chi connectivity index (χ4v) is 2.54. The van der Waals surface area contributed by atoms with Crippen LogP contribution in [0.15, 0.2) is 0 Å². The topological polar surface area (TPSA) is 23.5 Å². The maximum absolute atomic E-state index is 9.51. The zero-order valence-electron chi connectivity index (χ0n) is 10.9. The lowest BCUT2D eigenvalue weighted by molar-refractivity contribution is 0.0659. The van der Waals surface area contributed by atoms with Gasteiger partial charge < -0.3 is 10.0 Å². The van der Waals surface area contributed by atoms with Crippen molar-refractivity contribution in [2.24, 2.45) is 5.41 Å². The molecule has 15 heavy (non-hydrogen) atoms. The van der Waals surface area contributed by atoms with Crippen LogP contribution < -0.4 is 0 Å². The summed E-state index contributed by atoms with van der Waals surface area (Å²) in [6.07, 6.45) is 4.25. The molecule has 0 radical (unpaired) electrons. The van der Waals surface area contributed by atoms with E-state index in [1.165, 1.54) is 0 Å². The molecule has 1 atom stereocenters. The van der Waals surface area contributed by atoms with Gasteiger partial charge in [0, 0.05) is 30.4 Å². The molecule has 3 heteroatoms. The van der Waals surface area contributed by atoms with E-state index in [0.717, 1.165) is 25.1 Å². The van der Waals surface area contributed by atoms with Crippen LogP contribution in [0.5, 0.6) is 0 Å². The Labute approximate surface area is 99.4 Å². The van der Waals surface area contributed by atoms with Gasteiger partial charge in [0.15, 0.2) is 0 Å². The van der Waals surface area contributed by atoms with Crippen molar-refractivity contribution in [2.45, 2.75) is 39.7 Å². The molecule has 0 spiro atoms. The molecule has 0 aromatic heterocycles. The molecule has 0 rings (SSSR count). The van der Waals surface area contributed by atoms with Crippen LogP contribution in [-0.4, -0.2) is 48.3 Å². The first-order valence-electron chi connectivity index (χ1n) is 5.85. The molecule has 1 unspecified atom stereocenters. The monoisotopic (exact) mass is 233 g/mol. The van der Waals surface area contributed by atoms with Crippen molar-refractivity contribution in [3.63, 3.8) is 0 Å². The van der Waals surface area contributed by atoms with Crippen molar-refractivity contribution in [1.29, 1.82) is 0 Å². The average Bonchev–Trinajstić information content (AvgIpc) is 2.26. The summed E-state index contributed by atoms with van der Waals surface area (Å²) < 4.78 is 0. The van der Waals surface area contributed by atoms with Crippen molar-refractivity contribution in [1.82, 2.24) is 4.90 Å². The van der Waals surface area contributed by atoms with Gasteiger partial charge in [0.2, 0.25) is 0 Å². The van der Waals surface area contributed by atoms with Gasteiger partial charge in [-0.05, 0) is 33.1 Å². The minimum Gasteiger partial charge on any atom is -0.396 e. The van der Waals surface area contributed by atoms with Gasteiger partial charge in [0.05, 0.1) is 0 Å². The van der Waals surface area contributed by atoms with E-state index in [2.05, 4.69) is 39.0 Å². The van der Waals surface area contributed by atoms with E-state index in [-0.39, 0.29) is 5.41 Å². The summed E-state index contributed by atoms with van der Waals surface area (Å²) in [6, 6.07) is 0.587. The van der Waals surface area contributed by atoms with Gasteiger partial charge in [-0.15, -0.1) is 0 Å². The van der Waals surface area contributed by atoms with Gasteiger partial charge in [-0.2, -0.15) is 11.8 Å². The second kappa shape index (κ2) is 7.53. The van der Waals surface area contributed by atoms with Gasteiger partial charge in [-0.25, -0.2) is 0 Å². The van der Waals surface area contributed by atoms with Crippen molar-refractivity contribution in [3.8, 4) is 0 Å². The maximum atomic E-state index is 9.51. The maximum Gasteiger partial charge on any atom is 0.0499 e. The van der Waals surface area contributed by atoms with E-state index < -0.39 is 0 Å². The Hall–Kier alpha value is 0.270. The van der Waals surface area contributed by atoms with Crippen LogP contribution in [0, 0.1) is 5.41 Å². The second-order valence-corrected chi connectivity index (χ2v) is 5.50. The number of aliphatic hydroxyl groups is 1. The first-order valence-corrected chi connectivity index (χ1v) is 7.24. The number of aliphatic hydroxyl groups excluding tert-OH is 1. The lowest BCUT2D eigenvalue weighted by atomic mass is 9.82. The Bertz CT molecular complexity index is 151. The predicted octanol–water partition coefficient (Wildman–Crippen LogP) is 2.47. The molecule has 0 amide bonds. The molecule has 92 valence electrons. The summed E-state index contributed by atoms with van der Waals surface area (Å²) in [4.78, 5) is 2.37. The molecule has 0 aliphatic carbocycles. The van der Waals surface area contributed by atoms with Gasteiger partial charge in [-0.3, -0.25) is 0 Å². The highest BCUT2D eigenvalue weighted by Crippen LogP contribution is 2.27. The summed E-state index contributed by atoms with van der Waals surface area (Å²) in [5.74, 6) is 1.16. The molecule has 0 aromatic carbocycles. The Morgan fingerprint density at radius 1 is 1.33 bits per heavy atom. The highest BCUT2D eigenvalue weighted by atomic mass is 32.2. The predicted molar refractivity (Wildman–Crippen MR) is 70.6 cm³/mol. The number of hydrogen-bond acceptors (Lipinski definition) is 3. The molecule has 0 saturated carbocycles. The molecular formula is C12H27NOS. The summed E-state index contributed by atoms with van der Waals surface area (Å²) in [5.41, 5.74) is 0.0986. The van der Waals surface area contributed by atoms with E-state index >= 15 is 0 Å². The SMILES string of the molecule is CCC(CC)(CO)CN(C)C(C)CSC. The molecule has 0 aliphatic heterocycles. The highest BCUT2D eigenvalue weighted by Gasteiger charge is 2.28. The smallest absolute Gasteiger partial charge is 0.0499 e. The number of rotatable bonds is 8. The number of hydrogen-bond donors (Lipinski definition) is 1. The second-order valence-electron chi connectivity index (χ2n) is 4.58. The molecular weight excluding hydrogens is 206 g/mol. The lowest BCUT2D eigenvalue weighted by Crippen LogP contribution is -2.42. The lowest BCUT2D eigenvalue weighted by Gasteiger charge is -2.36. The van der Waals surface area contributed by atoms with Crippen LogP contribution >= 0.6 is 11.8 Å². The fraction of sp³-hybridized carbons (Fsp3) is 1.00. The van der Waals surface area contributed by atoms with Crippen LogP contribution in [0.4, 0.5) is 0 Å². The number of nitrogens with zero attached hydrogens (tertiary/aromatic N) is 1. The van der Waals surface area contributed by atoms with Crippen LogP contribution in [0.1, 0.15) is 33.6 Å². The van der Waals surface area contributed by atoms with E-state index in [4.69, 9.17) is 0 Å². The van der Waals surface area contributed by atoms with Gasteiger partial charge in [0.25, 0.3) is 0 Å². The Balaban J connectivity index is 4.27. The molecule has 0 aliphatic rings. The first kappa shape index (κ1) is 15.3. The first-order chi connectivity index (χ1) is 7.05. The van der Waals surface area contributed by atoms with E-state index in [1.54, 1.807) is 0 Å². The van der Waals surface area contributed by atoms with Crippen LogP contribution in [0.3, 0.4) is 0 Å². The van der Waals surface area contributed by atoms with Gasteiger partial charge >= 0.3 is 0 Å². The van der Waals surface area contributed by atoms with Gasteiger partial charge in [0.1, 0.15) is 0 Å². The molecule has 0 aromatic rings. The van der Waals surface area contributed by atoms with Crippen LogP contribution in [0.25, 0.3) is 0 Å². The molecule has 1 N–H and O–H groups in total. The van der Waals surface area contributed by atoms with Crippen LogP contribution in [0.2, 0.25) is 0 Å². The van der Waals surface area contributed by atoms with Crippen molar-refractivity contribution < 1.29 is 5.11 Å². The Morgan fingerprint density at radius 2 is 1.87 bits per heavy atom. The Morgan fingerprint density at radius 3 is 2.20 bits per heavy atom.